The first-order chi connectivity index (χ1) is 7.83. The van der Waals surface area contributed by atoms with Crippen molar-refractivity contribution < 1.29 is 0 Å². The highest BCUT2D eigenvalue weighted by Gasteiger charge is 2.45. The molecule has 0 amide bonds. The Morgan fingerprint density at radius 2 is 1.76 bits per heavy atom. The van der Waals surface area contributed by atoms with E-state index in [4.69, 9.17) is 12.2 Å². The third-order valence-electron chi connectivity index (χ3n) is 3.41. The van der Waals surface area contributed by atoms with Gasteiger partial charge in [0.15, 0.2) is 5.11 Å². The maximum Gasteiger partial charge on any atom is 0.189 e. The summed E-state index contributed by atoms with van der Waals surface area (Å²) in [5.74, 6) is 0. The molecule has 0 aliphatic carbocycles. The van der Waals surface area contributed by atoms with Crippen LogP contribution < -0.4 is 15.8 Å². The highest BCUT2D eigenvalue weighted by atomic mass is 32.1. The highest BCUT2D eigenvalue weighted by Crippen LogP contribution is 2.32. The standard InChI is InChI=1S/C13H19N3S/c1-12(2,3)13(4)14-11(17)16(15-13)10-8-6-5-7-9-10/h5-9,15H,1-4H3,(H,14,17). The summed E-state index contributed by atoms with van der Waals surface area (Å²) in [6.07, 6.45) is 0. The Morgan fingerprint density at radius 1 is 1.18 bits per heavy atom. The number of rotatable bonds is 1. The maximum absolute atomic E-state index is 5.39. The predicted octanol–water partition coefficient (Wildman–Crippen LogP) is 2.65. The molecule has 1 aromatic rings. The number of hydrazine groups is 1. The van der Waals surface area contributed by atoms with E-state index >= 15 is 0 Å². The van der Waals surface area contributed by atoms with Gasteiger partial charge in [-0.3, -0.25) is 5.01 Å². The van der Waals surface area contributed by atoms with Crippen molar-refractivity contribution in [1.82, 2.24) is 10.7 Å². The van der Waals surface area contributed by atoms with Gasteiger partial charge in [-0.2, -0.15) is 0 Å². The van der Waals surface area contributed by atoms with Crippen molar-refractivity contribution in [2.24, 2.45) is 5.41 Å². The molecule has 1 aromatic carbocycles. The lowest BCUT2D eigenvalue weighted by atomic mass is 9.82. The fourth-order valence-electron chi connectivity index (χ4n) is 1.69. The van der Waals surface area contributed by atoms with Gasteiger partial charge < -0.3 is 5.32 Å². The molecule has 92 valence electrons. The molecular weight excluding hydrogens is 230 g/mol. The summed E-state index contributed by atoms with van der Waals surface area (Å²) in [5.41, 5.74) is 4.33. The predicted molar refractivity (Wildman–Crippen MR) is 75.7 cm³/mol. The van der Waals surface area contributed by atoms with Crippen molar-refractivity contribution in [2.45, 2.75) is 33.4 Å². The lowest BCUT2D eigenvalue weighted by molar-refractivity contribution is 0.161. The number of hydrogen-bond acceptors (Lipinski definition) is 2. The van der Waals surface area contributed by atoms with E-state index in [1.807, 2.05) is 35.3 Å². The van der Waals surface area contributed by atoms with Gasteiger partial charge in [0.1, 0.15) is 5.66 Å². The van der Waals surface area contributed by atoms with Gasteiger partial charge in [-0.25, -0.2) is 5.43 Å². The average molecular weight is 249 g/mol. The first-order valence-corrected chi connectivity index (χ1v) is 6.19. The summed E-state index contributed by atoms with van der Waals surface area (Å²) < 4.78 is 0. The SMILES string of the molecule is CC(C)(C)C1(C)NC(=S)N(c2ccccc2)N1. The van der Waals surface area contributed by atoms with Crippen LogP contribution in [0.15, 0.2) is 30.3 Å². The summed E-state index contributed by atoms with van der Waals surface area (Å²) in [6.45, 7) is 8.68. The number of benzene rings is 1. The van der Waals surface area contributed by atoms with E-state index in [-0.39, 0.29) is 11.1 Å². The lowest BCUT2D eigenvalue weighted by Crippen LogP contribution is -2.57. The molecule has 2 rings (SSSR count). The Hall–Kier alpha value is -1.13. The van der Waals surface area contributed by atoms with Crippen LogP contribution in [0.4, 0.5) is 5.69 Å². The number of para-hydroxylation sites is 1. The number of nitrogens with one attached hydrogen (secondary N) is 2. The largest absolute Gasteiger partial charge is 0.341 e. The number of nitrogens with zero attached hydrogens (tertiary/aromatic N) is 1. The van der Waals surface area contributed by atoms with E-state index in [2.05, 4.69) is 38.4 Å². The third kappa shape index (κ3) is 2.15. The van der Waals surface area contributed by atoms with E-state index in [0.717, 1.165) is 5.69 Å². The molecule has 0 spiro atoms. The third-order valence-corrected chi connectivity index (χ3v) is 3.69. The van der Waals surface area contributed by atoms with Crippen molar-refractivity contribution in [3.63, 3.8) is 0 Å². The molecule has 17 heavy (non-hydrogen) atoms. The molecule has 1 fully saturated rings. The van der Waals surface area contributed by atoms with Crippen molar-refractivity contribution >= 4 is 23.0 Å². The second-order valence-corrected chi connectivity index (χ2v) is 5.97. The molecule has 1 aliphatic heterocycles. The monoisotopic (exact) mass is 249 g/mol. The number of anilines is 1. The van der Waals surface area contributed by atoms with Gasteiger partial charge in [0, 0.05) is 0 Å². The second-order valence-electron chi connectivity index (χ2n) is 5.59. The van der Waals surface area contributed by atoms with E-state index in [9.17, 15) is 0 Å². The van der Waals surface area contributed by atoms with Crippen LogP contribution in [0.3, 0.4) is 0 Å². The average Bonchev–Trinajstić information content (AvgIpc) is 2.56. The minimum atomic E-state index is -0.236. The van der Waals surface area contributed by atoms with Gasteiger partial charge in [0.25, 0.3) is 0 Å². The molecular formula is C13H19N3S. The number of hydrogen-bond donors (Lipinski definition) is 2. The van der Waals surface area contributed by atoms with E-state index in [1.54, 1.807) is 0 Å². The highest BCUT2D eigenvalue weighted by molar-refractivity contribution is 7.80. The van der Waals surface area contributed by atoms with Crippen LogP contribution in [-0.4, -0.2) is 10.8 Å². The van der Waals surface area contributed by atoms with Crippen LogP contribution in [0.25, 0.3) is 0 Å². The van der Waals surface area contributed by atoms with Crippen LogP contribution in [0, 0.1) is 5.41 Å². The van der Waals surface area contributed by atoms with Crippen molar-refractivity contribution in [2.75, 3.05) is 5.01 Å². The Kier molecular flexibility index (Phi) is 2.87. The molecule has 1 saturated heterocycles. The Bertz CT molecular complexity index is 424. The molecule has 4 heteroatoms. The quantitative estimate of drug-likeness (QED) is 0.748. The molecule has 1 heterocycles. The zero-order valence-electron chi connectivity index (χ0n) is 10.7. The number of thiocarbonyl (C=S) groups is 1. The molecule has 1 unspecified atom stereocenters. The molecule has 3 nitrogen and oxygen atoms in total. The molecule has 2 N–H and O–H groups in total. The summed E-state index contributed by atoms with van der Waals surface area (Å²) in [4.78, 5) is 0. The van der Waals surface area contributed by atoms with E-state index < -0.39 is 0 Å². The maximum atomic E-state index is 5.39. The molecule has 1 atom stereocenters. The van der Waals surface area contributed by atoms with Crippen LogP contribution in [0.5, 0.6) is 0 Å². The van der Waals surface area contributed by atoms with Gasteiger partial charge in [-0.15, -0.1) is 0 Å². The summed E-state index contributed by atoms with van der Waals surface area (Å²) >= 11 is 5.39. The van der Waals surface area contributed by atoms with Crippen LogP contribution in [-0.2, 0) is 0 Å². The minimum Gasteiger partial charge on any atom is -0.341 e. The Balaban J connectivity index is 2.28. The van der Waals surface area contributed by atoms with Crippen LogP contribution >= 0.6 is 12.2 Å². The molecule has 1 aliphatic rings. The summed E-state index contributed by atoms with van der Waals surface area (Å²) in [5, 5.41) is 6.01. The minimum absolute atomic E-state index is 0.0561. The van der Waals surface area contributed by atoms with Gasteiger partial charge >= 0.3 is 0 Å². The van der Waals surface area contributed by atoms with Gasteiger partial charge in [-0.1, -0.05) is 39.0 Å². The van der Waals surface area contributed by atoms with Crippen molar-refractivity contribution in [1.29, 1.82) is 0 Å². The summed E-state index contributed by atoms with van der Waals surface area (Å²) in [7, 11) is 0. The first kappa shape index (κ1) is 12.3. The van der Waals surface area contributed by atoms with Crippen LogP contribution in [0.2, 0.25) is 0 Å². The fraction of sp³-hybridized carbons (Fsp3) is 0.462. The molecule has 0 radical (unpaired) electrons. The Morgan fingerprint density at radius 3 is 2.24 bits per heavy atom. The first-order valence-electron chi connectivity index (χ1n) is 5.79. The molecule has 0 bridgehead atoms. The van der Waals surface area contributed by atoms with Crippen LogP contribution in [0.1, 0.15) is 27.7 Å². The molecule has 0 saturated carbocycles. The van der Waals surface area contributed by atoms with Gasteiger partial charge in [0.2, 0.25) is 0 Å². The lowest BCUT2D eigenvalue weighted by Gasteiger charge is -2.38. The fourth-order valence-corrected chi connectivity index (χ4v) is 2.04. The smallest absolute Gasteiger partial charge is 0.189 e. The Labute approximate surface area is 108 Å². The van der Waals surface area contributed by atoms with Gasteiger partial charge in [0.05, 0.1) is 5.69 Å². The van der Waals surface area contributed by atoms with Crippen molar-refractivity contribution in [3.05, 3.63) is 30.3 Å². The zero-order chi connectivity index (χ0) is 12.7. The normalized spacial score (nSPS) is 24.9. The van der Waals surface area contributed by atoms with Crippen molar-refractivity contribution in [3.8, 4) is 0 Å². The molecule has 0 aromatic heterocycles. The van der Waals surface area contributed by atoms with E-state index in [0.29, 0.717) is 5.11 Å². The topological polar surface area (TPSA) is 27.3 Å². The van der Waals surface area contributed by atoms with Gasteiger partial charge in [-0.05, 0) is 36.7 Å². The second kappa shape index (κ2) is 3.96. The van der Waals surface area contributed by atoms with E-state index in [1.165, 1.54) is 0 Å². The summed E-state index contributed by atoms with van der Waals surface area (Å²) in [6, 6.07) is 10.1. The zero-order valence-corrected chi connectivity index (χ0v) is 11.6.